The Bertz CT molecular complexity index is 1050. The Morgan fingerprint density at radius 3 is 2.65 bits per heavy atom. The van der Waals surface area contributed by atoms with Crippen LogP contribution in [-0.2, 0) is 6.18 Å². The zero-order valence-electron chi connectivity index (χ0n) is 13.8. The van der Waals surface area contributed by atoms with Crippen LogP contribution in [0.15, 0.2) is 41.3 Å². The molecule has 1 aliphatic carbocycles. The highest BCUT2D eigenvalue weighted by atomic mass is 19.4. The van der Waals surface area contributed by atoms with Gasteiger partial charge in [0, 0.05) is 30.6 Å². The lowest BCUT2D eigenvalue weighted by molar-refractivity contribution is -0.141. The third kappa shape index (κ3) is 2.71. The normalized spacial score (nSPS) is 14.6. The summed E-state index contributed by atoms with van der Waals surface area (Å²) in [5.74, 6) is 0.225. The maximum atomic E-state index is 13.2. The van der Waals surface area contributed by atoms with Gasteiger partial charge >= 0.3 is 6.18 Å². The van der Waals surface area contributed by atoms with E-state index in [4.69, 9.17) is 0 Å². The van der Waals surface area contributed by atoms with Crippen LogP contribution in [0, 0.1) is 0 Å². The Morgan fingerprint density at radius 1 is 1.23 bits per heavy atom. The van der Waals surface area contributed by atoms with Gasteiger partial charge in [0.15, 0.2) is 0 Å². The largest absolute Gasteiger partial charge is 0.433 e. The van der Waals surface area contributed by atoms with E-state index in [9.17, 15) is 18.0 Å². The zero-order valence-corrected chi connectivity index (χ0v) is 13.8. The van der Waals surface area contributed by atoms with Gasteiger partial charge in [-0.05, 0) is 37.1 Å². The Balaban J connectivity index is 2.09. The van der Waals surface area contributed by atoms with Crippen molar-refractivity contribution in [2.75, 3.05) is 12.4 Å². The average molecular weight is 360 g/mol. The molecule has 0 spiro atoms. The molecule has 134 valence electrons. The van der Waals surface area contributed by atoms with E-state index in [1.165, 1.54) is 16.7 Å². The molecule has 3 heterocycles. The average Bonchev–Trinajstić information content (AvgIpc) is 3.45. The molecule has 1 N–H and O–H groups in total. The summed E-state index contributed by atoms with van der Waals surface area (Å²) in [6.45, 7) is 0. The SMILES string of the molecule is CNc1cc(=O)n(-c2cccnc2C2CC2)c2nc(C(F)(F)F)ccc12. The fourth-order valence-electron chi connectivity index (χ4n) is 3.07. The van der Waals surface area contributed by atoms with Crippen LogP contribution in [0.2, 0.25) is 0 Å². The van der Waals surface area contributed by atoms with E-state index in [2.05, 4.69) is 15.3 Å². The van der Waals surface area contributed by atoms with Gasteiger partial charge in [0.1, 0.15) is 11.3 Å². The first-order valence-corrected chi connectivity index (χ1v) is 8.17. The first kappa shape index (κ1) is 16.6. The van der Waals surface area contributed by atoms with E-state index in [0.717, 1.165) is 18.9 Å². The van der Waals surface area contributed by atoms with E-state index in [-0.39, 0.29) is 11.6 Å². The van der Waals surface area contributed by atoms with Crippen LogP contribution >= 0.6 is 0 Å². The first-order valence-electron chi connectivity index (χ1n) is 8.17. The van der Waals surface area contributed by atoms with E-state index in [1.54, 1.807) is 25.4 Å². The number of halogens is 3. The molecule has 5 nitrogen and oxygen atoms in total. The van der Waals surface area contributed by atoms with Crippen LogP contribution in [0.1, 0.15) is 30.1 Å². The molecule has 0 unspecified atom stereocenters. The second-order valence-electron chi connectivity index (χ2n) is 6.23. The van der Waals surface area contributed by atoms with E-state index >= 15 is 0 Å². The predicted molar refractivity (Wildman–Crippen MR) is 91.7 cm³/mol. The summed E-state index contributed by atoms with van der Waals surface area (Å²) in [5.41, 5.74) is 0.101. The van der Waals surface area contributed by atoms with Gasteiger partial charge in [0.05, 0.1) is 17.1 Å². The molecule has 0 atom stereocenters. The van der Waals surface area contributed by atoms with Gasteiger partial charge in [0.2, 0.25) is 0 Å². The Kier molecular flexibility index (Phi) is 3.71. The van der Waals surface area contributed by atoms with E-state index < -0.39 is 17.4 Å². The molecule has 26 heavy (non-hydrogen) atoms. The monoisotopic (exact) mass is 360 g/mol. The number of hydrogen-bond acceptors (Lipinski definition) is 4. The fraction of sp³-hybridized carbons (Fsp3) is 0.278. The molecule has 0 aliphatic heterocycles. The number of aromatic nitrogens is 3. The quantitative estimate of drug-likeness (QED) is 0.773. The summed E-state index contributed by atoms with van der Waals surface area (Å²) >= 11 is 0. The van der Waals surface area contributed by atoms with Gasteiger partial charge in [-0.3, -0.25) is 14.3 Å². The lowest BCUT2D eigenvalue weighted by Crippen LogP contribution is -2.22. The number of anilines is 1. The van der Waals surface area contributed by atoms with Gasteiger partial charge in [-0.1, -0.05) is 0 Å². The van der Waals surface area contributed by atoms with Crippen molar-refractivity contribution in [1.29, 1.82) is 0 Å². The zero-order chi connectivity index (χ0) is 18.5. The highest BCUT2D eigenvalue weighted by Gasteiger charge is 2.34. The van der Waals surface area contributed by atoms with Crippen molar-refractivity contribution in [1.82, 2.24) is 14.5 Å². The first-order chi connectivity index (χ1) is 12.4. The molecule has 3 aromatic heterocycles. The van der Waals surface area contributed by atoms with E-state index in [0.29, 0.717) is 22.5 Å². The lowest BCUT2D eigenvalue weighted by Gasteiger charge is -2.16. The maximum absolute atomic E-state index is 13.2. The van der Waals surface area contributed by atoms with Crippen molar-refractivity contribution < 1.29 is 13.2 Å². The number of rotatable bonds is 3. The van der Waals surface area contributed by atoms with E-state index in [1.807, 2.05) is 0 Å². The standard InChI is InChI=1S/C18H15F3N4O/c1-22-12-9-15(26)25(13-3-2-8-23-16(13)10-4-5-10)17-11(12)6-7-14(24-17)18(19,20)21/h2-3,6-10,22H,4-5H2,1H3. The van der Waals surface area contributed by atoms with Crippen LogP contribution in [0.3, 0.4) is 0 Å². The van der Waals surface area contributed by atoms with Crippen LogP contribution in [-0.4, -0.2) is 21.6 Å². The number of fused-ring (bicyclic) bond motifs is 1. The van der Waals surface area contributed by atoms with Crippen molar-refractivity contribution >= 4 is 16.7 Å². The van der Waals surface area contributed by atoms with Crippen LogP contribution in [0.4, 0.5) is 18.9 Å². The Labute approximate surface area is 146 Å². The summed E-state index contributed by atoms with van der Waals surface area (Å²) in [6, 6.07) is 6.98. The summed E-state index contributed by atoms with van der Waals surface area (Å²) in [4.78, 5) is 20.9. The summed E-state index contributed by atoms with van der Waals surface area (Å²) < 4.78 is 40.7. The number of nitrogens with zero attached hydrogens (tertiary/aromatic N) is 3. The Hall–Kier alpha value is -2.90. The maximum Gasteiger partial charge on any atom is 0.433 e. The molecular formula is C18H15F3N4O. The van der Waals surface area contributed by atoms with Crippen molar-refractivity contribution in [3.8, 4) is 5.69 Å². The lowest BCUT2D eigenvalue weighted by atomic mass is 10.1. The Morgan fingerprint density at radius 2 is 2.00 bits per heavy atom. The number of alkyl halides is 3. The summed E-state index contributed by atoms with van der Waals surface area (Å²) in [5, 5.41) is 3.28. The molecule has 0 bridgehead atoms. The van der Waals surface area contributed by atoms with Crippen molar-refractivity contribution in [3.05, 3.63) is 58.3 Å². The van der Waals surface area contributed by atoms with Crippen molar-refractivity contribution in [2.24, 2.45) is 0 Å². The number of pyridine rings is 3. The topological polar surface area (TPSA) is 59.8 Å². The highest BCUT2D eigenvalue weighted by molar-refractivity contribution is 5.90. The van der Waals surface area contributed by atoms with Gasteiger partial charge < -0.3 is 5.32 Å². The number of nitrogens with one attached hydrogen (secondary N) is 1. The molecule has 8 heteroatoms. The van der Waals surface area contributed by atoms with Crippen LogP contribution < -0.4 is 10.9 Å². The molecule has 1 aliphatic rings. The van der Waals surface area contributed by atoms with Crippen LogP contribution in [0.25, 0.3) is 16.7 Å². The minimum atomic E-state index is -4.60. The minimum Gasteiger partial charge on any atom is -0.387 e. The summed E-state index contributed by atoms with van der Waals surface area (Å²) in [6.07, 6.45) is -1.07. The molecule has 1 saturated carbocycles. The molecule has 0 saturated heterocycles. The molecule has 1 fully saturated rings. The second kappa shape index (κ2) is 5.82. The smallest absolute Gasteiger partial charge is 0.387 e. The van der Waals surface area contributed by atoms with Gasteiger partial charge in [-0.15, -0.1) is 0 Å². The highest BCUT2D eigenvalue weighted by Crippen LogP contribution is 2.41. The summed E-state index contributed by atoms with van der Waals surface area (Å²) in [7, 11) is 1.61. The molecule has 0 amide bonds. The molecule has 3 aromatic rings. The van der Waals surface area contributed by atoms with Crippen molar-refractivity contribution in [2.45, 2.75) is 24.9 Å². The predicted octanol–water partition coefficient (Wildman–Crippen LogP) is 3.72. The third-order valence-electron chi connectivity index (χ3n) is 4.45. The minimum absolute atomic E-state index is 0.0356. The van der Waals surface area contributed by atoms with Gasteiger partial charge in [-0.2, -0.15) is 13.2 Å². The third-order valence-corrected chi connectivity index (χ3v) is 4.45. The van der Waals surface area contributed by atoms with Crippen LogP contribution in [0.5, 0.6) is 0 Å². The van der Waals surface area contributed by atoms with Gasteiger partial charge in [0.25, 0.3) is 5.56 Å². The van der Waals surface area contributed by atoms with Crippen molar-refractivity contribution in [3.63, 3.8) is 0 Å². The molecule has 4 rings (SSSR count). The molecule has 0 aromatic carbocycles. The fourth-order valence-corrected chi connectivity index (χ4v) is 3.07. The second-order valence-corrected chi connectivity index (χ2v) is 6.23. The number of hydrogen-bond donors (Lipinski definition) is 1. The molecular weight excluding hydrogens is 345 g/mol. The molecule has 0 radical (unpaired) electrons. The van der Waals surface area contributed by atoms with Gasteiger partial charge in [-0.25, -0.2) is 4.98 Å².